The third-order valence-corrected chi connectivity index (χ3v) is 2.42. The van der Waals surface area contributed by atoms with E-state index in [9.17, 15) is 4.79 Å². The highest BCUT2D eigenvalue weighted by Gasteiger charge is 2.10. The zero-order chi connectivity index (χ0) is 15.5. The maximum Gasteiger partial charge on any atom is 0.218 e. The monoisotopic (exact) mass is 259 g/mol. The van der Waals surface area contributed by atoms with Gasteiger partial charge in [-0.3, -0.25) is 9.79 Å². The first kappa shape index (κ1) is 22.3. The van der Waals surface area contributed by atoms with Gasteiger partial charge in [-0.05, 0) is 48.7 Å². The lowest BCUT2D eigenvalue weighted by Gasteiger charge is -2.27. The second kappa shape index (κ2) is 11.2. The minimum atomic E-state index is 0.0926. The molecular formula is C14H33N3O. The van der Waals surface area contributed by atoms with E-state index in [1.54, 1.807) is 21.1 Å². The van der Waals surface area contributed by atoms with Gasteiger partial charge in [0.15, 0.2) is 0 Å². The summed E-state index contributed by atoms with van der Waals surface area (Å²) >= 11 is 0. The van der Waals surface area contributed by atoms with E-state index in [2.05, 4.69) is 44.8 Å². The molecule has 0 saturated heterocycles. The van der Waals surface area contributed by atoms with Crippen LogP contribution < -0.4 is 0 Å². The topological polar surface area (TPSA) is 35.9 Å². The SMILES string of the molecule is CC(=O)N(C)C.CN(C)C(C)(C)C.CN=C(C)C. The number of carbonyl (C=O) groups is 1. The summed E-state index contributed by atoms with van der Waals surface area (Å²) in [5.41, 5.74) is 1.46. The van der Waals surface area contributed by atoms with E-state index in [1.165, 1.54) is 11.8 Å². The van der Waals surface area contributed by atoms with Crippen molar-refractivity contribution >= 4 is 11.6 Å². The molecule has 18 heavy (non-hydrogen) atoms. The molecule has 0 saturated carbocycles. The summed E-state index contributed by atoms with van der Waals surface area (Å²) < 4.78 is 0. The third-order valence-electron chi connectivity index (χ3n) is 2.42. The fourth-order valence-electron chi connectivity index (χ4n) is 0. The van der Waals surface area contributed by atoms with Crippen LogP contribution in [-0.2, 0) is 4.79 Å². The van der Waals surface area contributed by atoms with E-state index >= 15 is 0 Å². The summed E-state index contributed by atoms with van der Waals surface area (Å²) in [6.45, 7) is 12.0. The highest BCUT2D eigenvalue weighted by Crippen LogP contribution is 2.05. The highest BCUT2D eigenvalue weighted by atomic mass is 16.2. The van der Waals surface area contributed by atoms with Crippen LogP contribution in [0.15, 0.2) is 4.99 Å². The minimum absolute atomic E-state index is 0.0926. The molecule has 0 aliphatic heterocycles. The summed E-state index contributed by atoms with van der Waals surface area (Å²) in [6.07, 6.45) is 0. The van der Waals surface area contributed by atoms with Crippen LogP contribution in [0.2, 0.25) is 0 Å². The van der Waals surface area contributed by atoms with Crippen LogP contribution in [0, 0.1) is 0 Å². The Kier molecular flexibility index (Phi) is 13.9. The zero-order valence-corrected chi connectivity index (χ0v) is 14.2. The highest BCUT2D eigenvalue weighted by molar-refractivity contribution is 5.78. The Morgan fingerprint density at radius 1 is 0.944 bits per heavy atom. The van der Waals surface area contributed by atoms with Crippen molar-refractivity contribution < 1.29 is 4.79 Å². The summed E-state index contributed by atoms with van der Waals surface area (Å²) in [4.78, 5) is 17.6. The summed E-state index contributed by atoms with van der Waals surface area (Å²) in [7, 11) is 9.40. The average Bonchev–Trinajstić information content (AvgIpc) is 2.17. The van der Waals surface area contributed by atoms with E-state index in [1.807, 2.05) is 13.8 Å². The van der Waals surface area contributed by atoms with E-state index in [-0.39, 0.29) is 5.91 Å². The first-order valence-electron chi connectivity index (χ1n) is 6.11. The number of carbonyl (C=O) groups excluding carboxylic acids is 1. The molecule has 0 fully saturated rings. The van der Waals surface area contributed by atoms with Crippen LogP contribution >= 0.6 is 0 Å². The van der Waals surface area contributed by atoms with Gasteiger partial charge in [0.25, 0.3) is 0 Å². The molecule has 0 rings (SSSR count). The number of aliphatic imine (C=N–C) groups is 1. The predicted molar refractivity (Wildman–Crippen MR) is 82.5 cm³/mol. The molecule has 0 aliphatic carbocycles. The van der Waals surface area contributed by atoms with Gasteiger partial charge in [-0.2, -0.15) is 0 Å². The van der Waals surface area contributed by atoms with E-state index in [0.29, 0.717) is 5.54 Å². The number of nitrogens with zero attached hydrogens (tertiary/aromatic N) is 3. The molecule has 0 bridgehead atoms. The van der Waals surface area contributed by atoms with Gasteiger partial charge in [-0.1, -0.05) is 0 Å². The molecule has 0 unspecified atom stereocenters. The normalized spacial score (nSPS) is 9.56. The Balaban J connectivity index is -0.000000190. The van der Waals surface area contributed by atoms with Crippen LogP contribution in [0.25, 0.3) is 0 Å². The van der Waals surface area contributed by atoms with Gasteiger partial charge in [0.05, 0.1) is 0 Å². The maximum absolute atomic E-state index is 10.1. The summed E-state index contributed by atoms with van der Waals surface area (Å²) in [5.74, 6) is 0.0926. The molecule has 0 atom stereocenters. The number of rotatable bonds is 0. The molecule has 4 heteroatoms. The lowest BCUT2D eigenvalue weighted by atomic mass is 10.1. The van der Waals surface area contributed by atoms with Crippen LogP contribution in [-0.4, -0.2) is 62.2 Å². The number of hydrogen-bond donors (Lipinski definition) is 0. The van der Waals surface area contributed by atoms with Gasteiger partial charge < -0.3 is 9.80 Å². The fraction of sp³-hybridized carbons (Fsp3) is 0.857. The number of amides is 1. The van der Waals surface area contributed by atoms with E-state index in [4.69, 9.17) is 0 Å². The largest absolute Gasteiger partial charge is 0.349 e. The number of hydrogen-bond acceptors (Lipinski definition) is 3. The Bertz CT molecular complexity index is 234. The lowest BCUT2D eigenvalue weighted by molar-refractivity contribution is -0.126. The Morgan fingerprint density at radius 2 is 1.11 bits per heavy atom. The van der Waals surface area contributed by atoms with E-state index < -0.39 is 0 Å². The first-order chi connectivity index (χ1) is 7.86. The predicted octanol–water partition coefficient (Wildman–Crippen LogP) is 2.54. The first-order valence-corrected chi connectivity index (χ1v) is 6.11. The average molecular weight is 259 g/mol. The Morgan fingerprint density at radius 3 is 1.11 bits per heavy atom. The Hall–Kier alpha value is -0.900. The maximum atomic E-state index is 10.1. The molecule has 0 aliphatic rings. The van der Waals surface area contributed by atoms with Crippen molar-refractivity contribution in [2.45, 2.75) is 47.1 Å². The van der Waals surface area contributed by atoms with Crippen molar-refractivity contribution in [3.8, 4) is 0 Å². The van der Waals surface area contributed by atoms with Crippen molar-refractivity contribution in [3.05, 3.63) is 0 Å². The molecule has 4 nitrogen and oxygen atoms in total. The second-order valence-corrected chi connectivity index (χ2v) is 5.65. The van der Waals surface area contributed by atoms with Crippen LogP contribution in [0.1, 0.15) is 41.5 Å². The molecule has 0 spiro atoms. The molecule has 110 valence electrons. The van der Waals surface area contributed by atoms with Crippen molar-refractivity contribution in [1.82, 2.24) is 9.80 Å². The molecule has 0 aromatic rings. The zero-order valence-electron chi connectivity index (χ0n) is 14.2. The Labute approximate surface area is 114 Å². The minimum Gasteiger partial charge on any atom is -0.349 e. The van der Waals surface area contributed by atoms with Gasteiger partial charge in [0, 0.05) is 39.3 Å². The quantitative estimate of drug-likeness (QED) is 0.627. The van der Waals surface area contributed by atoms with Gasteiger partial charge in [0.1, 0.15) is 0 Å². The molecule has 0 N–H and O–H groups in total. The van der Waals surface area contributed by atoms with Crippen molar-refractivity contribution in [2.24, 2.45) is 4.99 Å². The molecular weight excluding hydrogens is 226 g/mol. The van der Waals surface area contributed by atoms with Gasteiger partial charge in [-0.25, -0.2) is 0 Å². The fourth-order valence-corrected chi connectivity index (χ4v) is 0. The molecule has 0 aromatic carbocycles. The van der Waals surface area contributed by atoms with Crippen molar-refractivity contribution in [3.63, 3.8) is 0 Å². The lowest BCUT2D eigenvalue weighted by Crippen LogP contribution is -2.34. The van der Waals surface area contributed by atoms with Gasteiger partial charge in [-0.15, -0.1) is 0 Å². The van der Waals surface area contributed by atoms with Crippen molar-refractivity contribution in [1.29, 1.82) is 0 Å². The summed E-state index contributed by atoms with van der Waals surface area (Å²) in [5, 5.41) is 0. The van der Waals surface area contributed by atoms with Gasteiger partial charge >= 0.3 is 0 Å². The molecule has 1 amide bonds. The van der Waals surface area contributed by atoms with Crippen LogP contribution in [0.3, 0.4) is 0 Å². The second-order valence-electron chi connectivity index (χ2n) is 5.65. The smallest absolute Gasteiger partial charge is 0.218 e. The third kappa shape index (κ3) is 24.4. The molecule has 0 heterocycles. The molecule has 0 radical (unpaired) electrons. The van der Waals surface area contributed by atoms with E-state index in [0.717, 1.165) is 5.71 Å². The van der Waals surface area contributed by atoms with Gasteiger partial charge in [0.2, 0.25) is 5.91 Å². The van der Waals surface area contributed by atoms with Crippen molar-refractivity contribution in [2.75, 3.05) is 35.2 Å². The standard InChI is InChI=1S/C6H15N.C4H9NO.C4H9N/c1-6(2,3)7(4)5;1-4(6)5(2)3;1-4(2)5-3/h1-5H3;1-3H3;1-3H3. The van der Waals surface area contributed by atoms with Crippen LogP contribution in [0.4, 0.5) is 0 Å². The summed E-state index contributed by atoms with van der Waals surface area (Å²) in [6, 6.07) is 0. The van der Waals surface area contributed by atoms with Crippen LogP contribution in [0.5, 0.6) is 0 Å². The molecule has 0 aromatic heterocycles.